The van der Waals surface area contributed by atoms with E-state index in [4.69, 9.17) is 14.6 Å². The van der Waals surface area contributed by atoms with E-state index in [0.29, 0.717) is 13.1 Å². The minimum Gasteiger partial charge on any atom is -0.508 e. The SMILES string of the molecule is CC(C)(C)OC(=O)N1CCN(c2ccc(O)cc2)CC1.O=C(O)COC1CCC1. The normalized spacial score (nSPS) is 17.1. The summed E-state index contributed by atoms with van der Waals surface area (Å²) in [5.41, 5.74) is 0.609. The Hall–Kier alpha value is -2.48. The zero-order valence-corrected chi connectivity index (χ0v) is 17.5. The minimum atomic E-state index is -0.873. The summed E-state index contributed by atoms with van der Waals surface area (Å²) < 4.78 is 10.3. The molecule has 1 amide bonds. The number of carboxylic acids is 1. The van der Waals surface area contributed by atoms with Gasteiger partial charge in [0.1, 0.15) is 18.0 Å². The van der Waals surface area contributed by atoms with Crippen molar-refractivity contribution in [2.45, 2.75) is 51.7 Å². The molecule has 2 N–H and O–H groups in total. The van der Waals surface area contributed by atoms with Gasteiger partial charge in [-0.2, -0.15) is 0 Å². The maximum atomic E-state index is 12.0. The molecule has 162 valence electrons. The van der Waals surface area contributed by atoms with E-state index < -0.39 is 11.6 Å². The number of nitrogens with zero attached hydrogens (tertiary/aromatic N) is 2. The largest absolute Gasteiger partial charge is 0.508 e. The van der Waals surface area contributed by atoms with Gasteiger partial charge in [-0.1, -0.05) is 0 Å². The summed E-state index contributed by atoms with van der Waals surface area (Å²) in [6.07, 6.45) is 3.24. The zero-order chi connectivity index (χ0) is 21.4. The fraction of sp³-hybridized carbons (Fsp3) is 0.619. The number of hydrogen-bond acceptors (Lipinski definition) is 6. The number of aromatic hydroxyl groups is 1. The quantitative estimate of drug-likeness (QED) is 0.790. The molecule has 0 atom stereocenters. The first-order chi connectivity index (χ1) is 13.6. The van der Waals surface area contributed by atoms with Gasteiger partial charge in [0.15, 0.2) is 0 Å². The molecule has 1 aromatic rings. The molecule has 8 nitrogen and oxygen atoms in total. The number of benzene rings is 1. The highest BCUT2D eigenvalue weighted by Gasteiger charge is 2.25. The van der Waals surface area contributed by atoms with Crippen LogP contribution in [-0.2, 0) is 14.3 Å². The Morgan fingerprint density at radius 2 is 1.66 bits per heavy atom. The summed E-state index contributed by atoms with van der Waals surface area (Å²) in [4.78, 5) is 25.8. The number of carbonyl (C=O) groups is 2. The van der Waals surface area contributed by atoms with E-state index in [0.717, 1.165) is 31.6 Å². The number of phenolic OH excluding ortho intramolecular Hbond substituents is 1. The lowest BCUT2D eigenvalue weighted by Gasteiger charge is -2.36. The van der Waals surface area contributed by atoms with Gasteiger partial charge in [0.25, 0.3) is 0 Å². The summed E-state index contributed by atoms with van der Waals surface area (Å²) in [6.45, 7) is 8.32. The number of aliphatic carboxylic acids is 1. The third-order valence-corrected chi connectivity index (χ3v) is 4.64. The first-order valence-electron chi connectivity index (χ1n) is 9.99. The second kappa shape index (κ2) is 10.3. The molecule has 1 aliphatic heterocycles. The van der Waals surface area contributed by atoms with Gasteiger partial charge < -0.3 is 29.5 Å². The van der Waals surface area contributed by atoms with Crippen LogP contribution in [-0.4, -0.2) is 71.7 Å². The molecule has 1 heterocycles. The highest BCUT2D eigenvalue weighted by Crippen LogP contribution is 2.21. The summed E-state index contributed by atoms with van der Waals surface area (Å²) in [7, 11) is 0. The Labute approximate surface area is 172 Å². The smallest absolute Gasteiger partial charge is 0.410 e. The molecular formula is C21H32N2O6. The molecule has 8 heteroatoms. The van der Waals surface area contributed by atoms with Gasteiger partial charge >= 0.3 is 12.1 Å². The number of piperazine rings is 1. The second-order valence-corrected chi connectivity index (χ2v) is 8.23. The van der Waals surface area contributed by atoms with Crippen LogP contribution in [0.4, 0.5) is 10.5 Å². The fourth-order valence-electron chi connectivity index (χ4n) is 2.86. The second-order valence-electron chi connectivity index (χ2n) is 8.23. The maximum Gasteiger partial charge on any atom is 0.410 e. The highest BCUT2D eigenvalue weighted by atomic mass is 16.6. The van der Waals surface area contributed by atoms with Crippen LogP contribution in [0.2, 0.25) is 0 Å². The van der Waals surface area contributed by atoms with Gasteiger partial charge in [0.05, 0.1) is 6.10 Å². The van der Waals surface area contributed by atoms with Crippen LogP contribution in [0, 0.1) is 0 Å². The Balaban J connectivity index is 0.000000278. The van der Waals surface area contributed by atoms with Crippen LogP contribution >= 0.6 is 0 Å². The molecule has 0 aromatic heterocycles. The van der Waals surface area contributed by atoms with Crippen molar-refractivity contribution in [2.24, 2.45) is 0 Å². The van der Waals surface area contributed by atoms with Crippen molar-refractivity contribution in [3.63, 3.8) is 0 Å². The number of carbonyl (C=O) groups excluding carboxylic acids is 1. The summed E-state index contributed by atoms with van der Waals surface area (Å²) >= 11 is 0. The van der Waals surface area contributed by atoms with Gasteiger partial charge in [0, 0.05) is 31.9 Å². The van der Waals surface area contributed by atoms with Crippen molar-refractivity contribution < 1.29 is 29.3 Å². The molecule has 0 unspecified atom stereocenters. The van der Waals surface area contributed by atoms with E-state index in [1.54, 1.807) is 17.0 Å². The van der Waals surface area contributed by atoms with Gasteiger partial charge in [-0.05, 0) is 64.3 Å². The number of phenols is 1. The predicted octanol–water partition coefficient (Wildman–Crippen LogP) is 3.09. The first-order valence-corrected chi connectivity index (χ1v) is 9.99. The molecule has 29 heavy (non-hydrogen) atoms. The molecule has 0 bridgehead atoms. The summed E-state index contributed by atoms with van der Waals surface area (Å²) in [6, 6.07) is 7.13. The summed E-state index contributed by atoms with van der Waals surface area (Å²) in [5, 5.41) is 17.4. The lowest BCUT2D eigenvalue weighted by Crippen LogP contribution is -2.50. The third-order valence-electron chi connectivity index (χ3n) is 4.64. The van der Waals surface area contributed by atoms with Crippen LogP contribution in [0.15, 0.2) is 24.3 Å². The van der Waals surface area contributed by atoms with Gasteiger partial charge in [0.2, 0.25) is 0 Å². The number of hydrogen-bond donors (Lipinski definition) is 2. The number of rotatable bonds is 4. The van der Waals surface area contributed by atoms with Crippen molar-refractivity contribution in [2.75, 3.05) is 37.7 Å². The maximum absolute atomic E-state index is 12.0. The standard InChI is InChI=1S/C15H22N2O3.C6H10O3/c1-15(2,3)20-14(19)17-10-8-16(9-11-17)12-4-6-13(18)7-5-12;7-6(8)4-9-5-2-1-3-5/h4-7,18H,8-11H2,1-3H3;5H,1-4H2,(H,7,8). The Bertz CT molecular complexity index is 659. The Morgan fingerprint density at radius 1 is 1.07 bits per heavy atom. The van der Waals surface area contributed by atoms with Crippen LogP contribution in [0.5, 0.6) is 5.75 Å². The lowest BCUT2D eigenvalue weighted by atomic mass is 9.96. The average molecular weight is 408 g/mol. The van der Waals surface area contributed by atoms with Crippen molar-refractivity contribution in [3.05, 3.63) is 24.3 Å². The highest BCUT2D eigenvalue weighted by molar-refractivity contribution is 5.69. The molecule has 1 saturated heterocycles. The summed E-state index contributed by atoms with van der Waals surface area (Å²) in [5.74, 6) is -0.608. The fourth-order valence-corrected chi connectivity index (χ4v) is 2.86. The molecule has 1 saturated carbocycles. The van der Waals surface area contributed by atoms with E-state index in [1.807, 2.05) is 32.9 Å². The zero-order valence-electron chi connectivity index (χ0n) is 17.5. The molecular weight excluding hydrogens is 376 g/mol. The molecule has 1 aromatic carbocycles. The topological polar surface area (TPSA) is 99.5 Å². The average Bonchev–Trinajstić information content (AvgIpc) is 2.60. The molecule has 0 spiro atoms. The van der Waals surface area contributed by atoms with Gasteiger partial charge in [-0.3, -0.25) is 0 Å². The van der Waals surface area contributed by atoms with Crippen LogP contribution in [0.25, 0.3) is 0 Å². The first kappa shape index (κ1) is 22.8. The Kier molecular flexibility index (Phi) is 8.13. The van der Waals surface area contributed by atoms with E-state index in [9.17, 15) is 14.7 Å². The van der Waals surface area contributed by atoms with Gasteiger partial charge in [-0.25, -0.2) is 9.59 Å². The van der Waals surface area contributed by atoms with E-state index in [1.165, 1.54) is 6.42 Å². The molecule has 3 rings (SSSR count). The molecule has 1 aliphatic carbocycles. The van der Waals surface area contributed by atoms with E-state index >= 15 is 0 Å². The Morgan fingerprint density at radius 3 is 2.10 bits per heavy atom. The van der Waals surface area contributed by atoms with E-state index in [-0.39, 0.29) is 24.6 Å². The lowest BCUT2D eigenvalue weighted by molar-refractivity contribution is -0.146. The van der Waals surface area contributed by atoms with Crippen LogP contribution in [0.1, 0.15) is 40.0 Å². The molecule has 2 fully saturated rings. The predicted molar refractivity (Wildman–Crippen MR) is 109 cm³/mol. The van der Waals surface area contributed by atoms with Crippen molar-refractivity contribution in [1.82, 2.24) is 4.90 Å². The number of amides is 1. The van der Waals surface area contributed by atoms with Gasteiger partial charge in [-0.15, -0.1) is 0 Å². The number of ether oxygens (including phenoxy) is 2. The van der Waals surface area contributed by atoms with Crippen LogP contribution < -0.4 is 4.90 Å². The molecule has 0 radical (unpaired) electrons. The number of carboxylic acid groups (broad SMARTS) is 1. The van der Waals surface area contributed by atoms with Crippen molar-refractivity contribution in [3.8, 4) is 5.75 Å². The number of anilines is 1. The monoisotopic (exact) mass is 408 g/mol. The minimum absolute atomic E-state index is 0.134. The van der Waals surface area contributed by atoms with Crippen molar-refractivity contribution >= 4 is 17.7 Å². The van der Waals surface area contributed by atoms with Crippen molar-refractivity contribution in [1.29, 1.82) is 0 Å². The van der Waals surface area contributed by atoms with Crippen LogP contribution in [0.3, 0.4) is 0 Å². The third kappa shape index (κ3) is 8.19. The molecule has 2 aliphatic rings. The van der Waals surface area contributed by atoms with E-state index in [2.05, 4.69) is 4.90 Å².